The van der Waals surface area contributed by atoms with Crippen LogP contribution in [0.4, 0.5) is 5.69 Å². The van der Waals surface area contributed by atoms with Crippen molar-refractivity contribution in [3.8, 4) is 0 Å². The normalized spacial score (nSPS) is 26.1. The van der Waals surface area contributed by atoms with E-state index in [1.165, 1.54) is 0 Å². The van der Waals surface area contributed by atoms with Gasteiger partial charge in [0.05, 0.1) is 0 Å². The van der Waals surface area contributed by atoms with Crippen LogP contribution in [-0.4, -0.2) is 5.78 Å². The van der Waals surface area contributed by atoms with Gasteiger partial charge in [-0.25, -0.2) is 0 Å². The summed E-state index contributed by atoms with van der Waals surface area (Å²) in [5.41, 5.74) is 8.49. The molecule has 1 aromatic rings. The highest BCUT2D eigenvalue weighted by Gasteiger charge is 2.32. The van der Waals surface area contributed by atoms with Crippen LogP contribution in [0.1, 0.15) is 39.2 Å². The maximum atomic E-state index is 12.6. The van der Waals surface area contributed by atoms with Crippen molar-refractivity contribution in [1.29, 1.82) is 0 Å². The number of allylic oxidation sites excluding steroid dienone is 1. The number of hydrogen-bond donors (Lipinski definition) is 1. The van der Waals surface area contributed by atoms with Gasteiger partial charge in [0.15, 0.2) is 5.78 Å². The Labute approximate surface area is 115 Å². The minimum absolute atomic E-state index is 0.191. The van der Waals surface area contributed by atoms with E-state index in [4.69, 9.17) is 5.73 Å². The van der Waals surface area contributed by atoms with E-state index in [1.807, 2.05) is 30.3 Å². The van der Waals surface area contributed by atoms with Crippen LogP contribution < -0.4 is 5.73 Å². The molecule has 0 heterocycles. The molecule has 2 nitrogen and oxygen atoms in total. The Balaban J connectivity index is 2.29. The van der Waals surface area contributed by atoms with E-state index in [0.717, 1.165) is 29.7 Å². The van der Waals surface area contributed by atoms with Gasteiger partial charge in [-0.05, 0) is 54.0 Å². The number of Topliss-reactive ketones (excluding diaryl/α,β-unsaturated/α-hetero) is 1. The summed E-state index contributed by atoms with van der Waals surface area (Å²) in [5, 5.41) is 0. The Morgan fingerprint density at radius 3 is 2.42 bits per heavy atom. The molecular formula is C17H23NO. The van der Waals surface area contributed by atoms with Crippen LogP contribution in [0.2, 0.25) is 0 Å². The monoisotopic (exact) mass is 257 g/mol. The quantitative estimate of drug-likeness (QED) is 0.644. The van der Waals surface area contributed by atoms with Crippen LogP contribution in [-0.2, 0) is 4.79 Å². The van der Waals surface area contributed by atoms with Crippen molar-refractivity contribution < 1.29 is 4.79 Å². The number of hydrogen-bond acceptors (Lipinski definition) is 2. The van der Waals surface area contributed by atoms with E-state index in [0.29, 0.717) is 17.6 Å². The highest BCUT2D eigenvalue weighted by Crippen LogP contribution is 2.35. The molecule has 0 radical (unpaired) electrons. The first-order chi connectivity index (χ1) is 8.99. The Kier molecular flexibility index (Phi) is 4.08. The lowest BCUT2D eigenvalue weighted by Crippen LogP contribution is -2.30. The van der Waals surface area contributed by atoms with Gasteiger partial charge in [0.25, 0.3) is 0 Å². The van der Waals surface area contributed by atoms with Crippen molar-refractivity contribution in [2.45, 2.75) is 33.6 Å². The zero-order valence-corrected chi connectivity index (χ0v) is 12.0. The molecule has 1 aliphatic carbocycles. The van der Waals surface area contributed by atoms with Crippen LogP contribution >= 0.6 is 0 Å². The molecule has 2 heteroatoms. The third kappa shape index (κ3) is 3.06. The molecule has 0 unspecified atom stereocenters. The lowest BCUT2D eigenvalue weighted by Gasteiger charge is -2.30. The van der Waals surface area contributed by atoms with E-state index < -0.39 is 0 Å². The van der Waals surface area contributed by atoms with Gasteiger partial charge in [-0.1, -0.05) is 32.9 Å². The zero-order valence-electron chi connectivity index (χ0n) is 12.0. The lowest BCUT2D eigenvalue weighted by atomic mass is 9.73. The number of carbonyl (C=O) groups is 1. The molecule has 2 N–H and O–H groups in total. The average Bonchev–Trinajstić information content (AvgIpc) is 2.36. The van der Waals surface area contributed by atoms with Crippen molar-refractivity contribution in [3.63, 3.8) is 0 Å². The second-order valence-electron chi connectivity index (χ2n) is 5.96. The minimum Gasteiger partial charge on any atom is -0.399 e. The van der Waals surface area contributed by atoms with Crippen molar-refractivity contribution in [1.82, 2.24) is 0 Å². The predicted molar refractivity (Wildman–Crippen MR) is 80.6 cm³/mol. The third-order valence-electron chi connectivity index (χ3n) is 4.13. The summed E-state index contributed by atoms with van der Waals surface area (Å²) in [7, 11) is 0. The summed E-state index contributed by atoms with van der Waals surface area (Å²) in [4.78, 5) is 12.6. The number of nitrogen functional groups attached to an aromatic ring is 1. The van der Waals surface area contributed by atoms with E-state index in [1.54, 1.807) is 0 Å². The smallest absolute Gasteiger partial charge is 0.162 e. The van der Waals surface area contributed by atoms with Gasteiger partial charge in [0.2, 0.25) is 0 Å². The fraction of sp³-hybridized carbons (Fsp3) is 0.471. The number of ketones is 1. The molecular weight excluding hydrogens is 234 g/mol. The van der Waals surface area contributed by atoms with Crippen LogP contribution in [0.5, 0.6) is 0 Å². The summed E-state index contributed by atoms with van der Waals surface area (Å²) in [5.74, 6) is 1.32. The Morgan fingerprint density at radius 2 is 1.84 bits per heavy atom. The largest absolute Gasteiger partial charge is 0.399 e. The van der Waals surface area contributed by atoms with E-state index in [2.05, 4.69) is 20.8 Å². The van der Waals surface area contributed by atoms with Gasteiger partial charge >= 0.3 is 0 Å². The third-order valence-corrected chi connectivity index (χ3v) is 4.13. The van der Waals surface area contributed by atoms with Gasteiger partial charge in [-0.15, -0.1) is 0 Å². The highest BCUT2D eigenvalue weighted by atomic mass is 16.1. The molecule has 1 fully saturated rings. The first kappa shape index (κ1) is 13.9. The van der Waals surface area contributed by atoms with Crippen LogP contribution in [0.3, 0.4) is 0 Å². The first-order valence-electron chi connectivity index (χ1n) is 7.10. The topological polar surface area (TPSA) is 43.1 Å². The summed E-state index contributed by atoms with van der Waals surface area (Å²) in [6.07, 6.45) is 4.17. The predicted octanol–water partition coefficient (Wildman–Crippen LogP) is 3.92. The van der Waals surface area contributed by atoms with Gasteiger partial charge in [-0.2, -0.15) is 0 Å². The molecule has 1 aliphatic rings. The van der Waals surface area contributed by atoms with Crippen LogP contribution in [0.15, 0.2) is 29.8 Å². The molecule has 0 amide bonds. The molecule has 0 spiro atoms. The van der Waals surface area contributed by atoms with Crippen molar-refractivity contribution in [2.24, 2.45) is 17.8 Å². The second-order valence-corrected chi connectivity index (χ2v) is 5.96. The molecule has 0 bridgehead atoms. The van der Waals surface area contributed by atoms with E-state index in [9.17, 15) is 4.79 Å². The number of nitrogens with two attached hydrogens (primary N) is 1. The SMILES string of the molecule is CC(C)[C@H]1CC[C@@H](C)/C(=C\c2ccc(N)cc2)C1=O. The maximum absolute atomic E-state index is 12.6. The fourth-order valence-electron chi connectivity index (χ4n) is 2.79. The second kappa shape index (κ2) is 5.60. The highest BCUT2D eigenvalue weighted by molar-refractivity contribution is 6.02. The van der Waals surface area contributed by atoms with Crippen molar-refractivity contribution >= 4 is 17.5 Å². The number of benzene rings is 1. The van der Waals surface area contributed by atoms with Gasteiger partial charge in [-0.3, -0.25) is 4.79 Å². The molecule has 19 heavy (non-hydrogen) atoms. The number of rotatable bonds is 2. The minimum atomic E-state index is 0.191. The van der Waals surface area contributed by atoms with Crippen LogP contribution in [0, 0.1) is 17.8 Å². The average molecular weight is 257 g/mol. The summed E-state index contributed by atoms with van der Waals surface area (Å²) in [6, 6.07) is 7.71. The zero-order chi connectivity index (χ0) is 14.0. The molecule has 0 aliphatic heterocycles. The summed E-state index contributed by atoms with van der Waals surface area (Å²) in [6.45, 7) is 6.43. The molecule has 1 aromatic carbocycles. The van der Waals surface area contributed by atoms with Crippen molar-refractivity contribution in [2.75, 3.05) is 5.73 Å². The fourth-order valence-corrected chi connectivity index (χ4v) is 2.79. The standard InChI is InChI=1S/C17H23NO/c1-11(2)15-9-4-12(3)16(17(15)19)10-13-5-7-14(18)8-6-13/h5-8,10-12,15H,4,9,18H2,1-3H3/b16-10+/t12-,15-/m1/s1. The van der Waals surface area contributed by atoms with E-state index in [-0.39, 0.29) is 5.92 Å². The molecule has 2 atom stereocenters. The molecule has 0 aromatic heterocycles. The lowest BCUT2D eigenvalue weighted by molar-refractivity contribution is -0.122. The number of carbonyl (C=O) groups excluding carboxylic acids is 1. The Hall–Kier alpha value is -1.57. The molecule has 2 rings (SSSR count). The van der Waals surface area contributed by atoms with Gasteiger partial charge in [0.1, 0.15) is 0 Å². The Morgan fingerprint density at radius 1 is 1.21 bits per heavy atom. The molecule has 0 saturated heterocycles. The van der Waals surface area contributed by atoms with Crippen molar-refractivity contribution in [3.05, 3.63) is 35.4 Å². The van der Waals surface area contributed by atoms with Crippen LogP contribution in [0.25, 0.3) is 6.08 Å². The molecule has 102 valence electrons. The van der Waals surface area contributed by atoms with Gasteiger partial charge in [0, 0.05) is 11.6 Å². The number of anilines is 1. The molecule has 1 saturated carbocycles. The first-order valence-corrected chi connectivity index (χ1v) is 7.10. The van der Waals surface area contributed by atoms with E-state index >= 15 is 0 Å². The Bertz CT molecular complexity index is 484. The summed E-state index contributed by atoms with van der Waals surface area (Å²) < 4.78 is 0. The maximum Gasteiger partial charge on any atom is 0.162 e. The van der Waals surface area contributed by atoms with Gasteiger partial charge < -0.3 is 5.73 Å². The summed E-state index contributed by atoms with van der Waals surface area (Å²) >= 11 is 0.